The van der Waals surface area contributed by atoms with Gasteiger partial charge in [0.1, 0.15) is 11.4 Å². The zero-order valence-corrected chi connectivity index (χ0v) is 9.37. The lowest BCUT2D eigenvalue weighted by Crippen LogP contribution is -2.32. The van der Waals surface area contributed by atoms with Crippen LogP contribution >= 0.6 is 0 Å². The fraction of sp³-hybridized carbons (Fsp3) is 0.455. The van der Waals surface area contributed by atoms with E-state index in [-0.39, 0.29) is 24.0 Å². The van der Waals surface area contributed by atoms with Crippen molar-refractivity contribution in [3.8, 4) is 0 Å². The molecule has 1 aromatic carbocycles. The summed E-state index contributed by atoms with van der Waals surface area (Å²) in [6.07, 6.45) is 1.78. The van der Waals surface area contributed by atoms with Crippen molar-refractivity contribution in [2.75, 3.05) is 23.8 Å². The number of aliphatic hydroxyl groups is 1. The molecule has 1 saturated heterocycles. The normalized spacial score (nSPS) is 19.6. The maximum atomic E-state index is 11.0. The highest BCUT2D eigenvalue weighted by Crippen LogP contribution is 2.37. The summed E-state index contributed by atoms with van der Waals surface area (Å²) >= 11 is 0. The molecule has 2 rings (SSSR count). The van der Waals surface area contributed by atoms with Gasteiger partial charge in [-0.1, -0.05) is 6.07 Å². The van der Waals surface area contributed by atoms with Crippen LogP contribution in [0.25, 0.3) is 0 Å². The first-order chi connectivity index (χ1) is 8.15. The van der Waals surface area contributed by atoms with Gasteiger partial charge in [-0.15, -0.1) is 0 Å². The number of anilines is 2. The highest BCUT2D eigenvalue weighted by Gasteiger charge is 2.30. The molecule has 0 saturated carbocycles. The molecular weight excluding hydrogens is 222 g/mol. The van der Waals surface area contributed by atoms with Crippen LogP contribution < -0.4 is 10.6 Å². The first-order valence-electron chi connectivity index (χ1n) is 5.55. The van der Waals surface area contributed by atoms with E-state index in [1.807, 2.05) is 4.90 Å². The molecule has 0 aromatic heterocycles. The Kier molecular flexibility index (Phi) is 3.14. The number of aliphatic hydroxyl groups excluding tert-OH is 1. The van der Waals surface area contributed by atoms with Crippen LogP contribution in [0.2, 0.25) is 0 Å². The van der Waals surface area contributed by atoms with Crippen LogP contribution in [0.4, 0.5) is 17.1 Å². The average Bonchev–Trinajstić information content (AvgIpc) is 2.75. The monoisotopic (exact) mass is 237 g/mol. The molecule has 1 heterocycles. The molecule has 0 amide bonds. The molecule has 6 heteroatoms. The Balaban J connectivity index is 2.44. The van der Waals surface area contributed by atoms with Gasteiger partial charge in [-0.25, -0.2) is 0 Å². The fourth-order valence-corrected chi connectivity index (χ4v) is 2.32. The quantitative estimate of drug-likeness (QED) is 0.467. The molecule has 1 unspecified atom stereocenters. The molecule has 0 bridgehead atoms. The number of hydrogen-bond acceptors (Lipinski definition) is 5. The second-order valence-electron chi connectivity index (χ2n) is 4.14. The van der Waals surface area contributed by atoms with Crippen molar-refractivity contribution in [1.82, 2.24) is 0 Å². The van der Waals surface area contributed by atoms with E-state index < -0.39 is 4.92 Å². The van der Waals surface area contributed by atoms with Gasteiger partial charge < -0.3 is 15.7 Å². The molecule has 92 valence electrons. The highest BCUT2D eigenvalue weighted by molar-refractivity contribution is 5.75. The summed E-state index contributed by atoms with van der Waals surface area (Å²) in [6, 6.07) is 4.86. The van der Waals surface area contributed by atoms with Crippen LogP contribution in [-0.2, 0) is 0 Å². The SMILES string of the molecule is Nc1cccc(N2CCCC2CO)c1[N+](=O)[O-]. The number of rotatable bonds is 3. The van der Waals surface area contributed by atoms with E-state index >= 15 is 0 Å². The summed E-state index contributed by atoms with van der Waals surface area (Å²) in [4.78, 5) is 12.4. The highest BCUT2D eigenvalue weighted by atomic mass is 16.6. The smallest absolute Gasteiger partial charge is 0.315 e. The van der Waals surface area contributed by atoms with E-state index in [2.05, 4.69) is 0 Å². The number of nitro groups is 1. The molecule has 1 atom stereocenters. The minimum absolute atomic E-state index is 0.00591. The number of nitrogens with two attached hydrogens (primary N) is 1. The molecule has 0 radical (unpaired) electrons. The number of para-hydroxylation sites is 1. The number of nitrogens with zero attached hydrogens (tertiary/aromatic N) is 2. The second-order valence-corrected chi connectivity index (χ2v) is 4.14. The van der Waals surface area contributed by atoms with Crippen molar-refractivity contribution >= 4 is 17.1 Å². The van der Waals surface area contributed by atoms with Crippen molar-refractivity contribution in [2.45, 2.75) is 18.9 Å². The van der Waals surface area contributed by atoms with Gasteiger partial charge >= 0.3 is 5.69 Å². The lowest BCUT2D eigenvalue weighted by atomic mass is 10.2. The van der Waals surface area contributed by atoms with Gasteiger partial charge in [0.15, 0.2) is 0 Å². The van der Waals surface area contributed by atoms with Crippen LogP contribution in [0.1, 0.15) is 12.8 Å². The van der Waals surface area contributed by atoms with Gasteiger partial charge in [0.05, 0.1) is 17.6 Å². The van der Waals surface area contributed by atoms with Gasteiger partial charge in [0.2, 0.25) is 0 Å². The van der Waals surface area contributed by atoms with Crippen molar-refractivity contribution in [3.63, 3.8) is 0 Å². The molecule has 6 nitrogen and oxygen atoms in total. The third-order valence-electron chi connectivity index (χ3n) is 3.13. The molecule has 0 aliphatic carbocycles. The lowest BCUT2D eigenvalue weighted by Gasteiger charge is -2.25. The van der Waals surface area contributed by atoms with E-state index in [0.29, 0.717) is 5.69 Å². The van der Waals surface area contributed by atoms with Gasteiger partial charge in [-0.05, 0) is 25.0 Å². The van der Waals surface area contributed by atoms with E-state index in [1.54, 1.807) is 12.1 Å². The molecule has 1 aromatic rings. The Morgan fingerprint density at radius 3 is 3.00 bits per heavy atom. The summed E-state index contributed by atoms with van der Waals surface area (Å²) in [5.74, 6) is 0. The standard InChI is InChI=1S/C11H15N3O3/c12-9-4-1-5-10(11(9)14(16)17)13-6-2-3-8(13)7-15/h1,4-5,8,15H,2-3,6-7,12H2. The van der Waals surface area contributed by atoms with Crippen LogP contribution in [-0.4, -0.2) is 29.2 Å². The Bertz CT molecular complexity index is 436. The summed E-state index contributed by atoms with van der Waals surface area (Å²) in [5.41, 5.74) is 6.25. The van der Waals surface area contributed by atoms with Crippen molar-refractivity contribution < 1.29 is 10.0 Å². The summed E-state index contributed by atoms with van der Waals surface area (Å²) < 4.78 is 0. The predicted octanol–water partition coefficient (Wildman–Crippen LogP) is 1.14. The topological polar surface area (TPSA) is 92.6 Å². The minimum atomic E-state index is -0.461. The zero-order chi connectivity index (χ0) is 12.4. The van der Waals surface area contributed by atoms with Crippen molar-refractivity contribution in [1.29, 1.82) is 0 Å². The molecular formula is C11H15N3O3. The zero-order valence-electron chi connectivity index (χ0n) is 9.37. The molecule has 17 heavy (non-hydrogen) atoms. The first-order valence-corrected chi connectivity index (χ1v) is 5.55. The second kappa shape index (κ2) is 4.58. The van der Waals surface area contributed by atoms with Gasteiger partial charge in [0.25, 0.3) is 0 Å². The van der Waals surface area contributed by atoms with Gasteiger partial charge in [0, 0.05) is 6.54 Å². The number of nitrogen functional groups attached to an aromatic ring is 1. The van der Waals surface area contributed by atoms with E-state index in [0.717, 1.165) is 19.4 Å². The van der Waals surface area contributed by atoms with Crippen LogP contribution in [0, 0.1) is 10.1 Å². The van der Waals surface area contributed by atoms with Gasteiger partial charge in [-0.3, -0.25) is 10.1 Å². The third kappa shape index (κ3) is 2.03. The first kappa shape index (κ1) is 11.7. The predicted molar refractivity (Wildman–Crippen MR) is 65.0 cm³/mol. The summed E-state index contributed by atoms with van der Waals surface area (Å²) in [5, 5.41) is 20.3. The molecule has 1 aliphatic heterocycles. The molecule has 1 fully saturated rings. The van der Waals surface area contributed by atoms with E-state index in [1.165, 1.54) is 6.07 Å². The van der Waals surface area contributed by atoms with E-state index in [9.17, 15) is 15.2 Å². The van der Waals surface area contributed by atoms with Crippen molar-refractivity contribution in [2.24, 2.45) is 0 Å². The lowest BCUT2D eigenvalue weighted by molar-refractivity contribution is -0.383. The number of hydrogen-bond donors (Lipinski definition) is 2. The third-order valence-corrected chi connectivity index (χ3v) is 3.13. The number of benzene rings is 1. The maximum Gasteiger partial charge on any atom is 0.315 e. The Hall–Kier alpha value is -1.82. The fourth-order valence-electron chi connectivity index (χ4n) is 2.32. The Labute approximate surface area is 98.8 Å². The number of nitro benzene ring substituents is 1. The maximum absolute atomic E-state index is 11.0. The minimum Gasteiger partial charge on any atom is -0.394 e. The largest absolute Gasteiger partial charge is 0.394 e. The summed E-state index contributed by atoms with van der Waals surface area (Å²) in [6.45, 7) is 0.724. The van der Waals surface area contributed by atoms with Gasteiger partial charge in [-0.2, -0.15) is 0 Å². The molecule has 3 N–H and O–H groups in total. The molecule has 0 spiro atoms. The van der Waals surface area contributed by atoms with E-state index in [4.69, 9.17) is 5.73 Å². The summed E-state index contributed by atoms with van der Waals surface area (Å²) in [7, 11) is 0. The average molecular weight is 237 g/mol. The Morgan fingerprint density at radius 2 is 2.35 bits per heavy atom. The Morgan fingerprint density at radius 1 is 1.59 bits per heavy atom. The van der Waals surface area contributed by atoms with Crippen LogP contribution in [0.15, 0.2) is 18.2 Å². The van der Waals surface area contributed by atoms with Crippen LogP contribution in [0.5, 0.6) is 0 Å². The van der Waals surface area contributed by atoms with Crippen LogP contribution in [0.3, 0.4) is 0 Å². The van der Waals surface area contributed by atoms with Crippen molar-refractivity contribution in [3.05, 3.63) is 28.3 Å². The molecule has 1 aliphatic rings.